The third kappa shape index (κ3) is 3.71. The van der Waals surface area contributed by atoms with Crippen molar-refractivity contribution in [1.29, 1.82) is 5.26 Å². The molecule has 0 atom stereocenters. The molecule has 1 aromatic carbocycles. The molecule has 144 valence electrons. The van der Waals surface area contributed by atoms with E-state index in [0.29, 0.717) is 11.3 Å². The fraction of sp³-hybridized carbons (Fsp3) is 0.316. The van der Waals surface area contributed by atoms with Crippen molar-refractivity contribution in [2.45, 2.75) is 32.7 Å². The van der Waals surface area contributed by atoms with Crippen LogP contribution in [0.15, 0.2) is 23.3 Å². The van der Waals surface area contributed by atoms with Gasteiger partial charge in [0.1, 0.15) is 17.6 Å². The summed E-state index contributed by atoms with van der Waals surface area (Å²) >= 11 is 0. The van der Waals surface area contributed by atoms with Gasteiger partial charge in [0.2, 0.25) is 5.95 Å². The van der Waals surface area contributed by atoms with Crippen molar-refractivity contribution >= 4 is 29.3 Å². The number of anilines is 2. The maximum atomic E-state index is 10.2. The highest BCUT2D eigenvalue weighted by Crippen LogP contribution is 2.32. The second kappa shape index (κ2) is 7.15. The first-order valence-electron chi connectivity index (χ1n) is 8.58. The van der Waals surface area contributed by atoms with Crippen molar-refractivity contribution in [3.05, 3.63) is 29.6 Å². The van der Waals surface area contributed by atoms with E-state index in [0.717, 1.165) is 12.1 Å². The molecule has 1 aliphatic heterocycles. The van der Waals surface area contributed by atoms with Crippen LogP contribution in [-0.4, -0.2) is 38.4 Å². The molecule has 28 heavy (non-hydrogen) atoms. The fourth-order valence-electron chi connectivity index (χ4n) is 3.03. The molecular formula is C19H21N7O2. The second-order valence-corrected chi connectivity index (χ2v) is 7.05. The molecule has 0 spiro atoms. The van der Waals surface area contributed by atoms with Crippen LogP contribution in [0.5, 0.6) is 11.5 Å². The van der Waals surface area contributed by atoms with E-state index in [1.807, 2.05) is 20.8 Å². The SMILES string of the molecule is COc1ccc(C=C(C#N)c2nc(N)nc(N3N=C(C)CC3(C)C)n2)c(O)c1. The van der Waals surface area contributed by atoms with Crippen LogP contribution in [0.1, 0.15) is 38.6 Å². The van der Waals surface area contributed by atoms with Crippen LogP contribution < -0.4 is 15.5 Å². The highest BCUT2D eigenvalue weighted by molar-refractivity contribution is 5.89. The molecule has 9 nitrogen and oxygen atoms in total. The van der Waals surface area contributed by atoms with Gasteiger partial charge in [0.25, 0.3) is 5.95 Å². The normalized spacial score (nSPS) is 15.9. The summed E-state index contributed by atoms with van der Waals surface area (Å²) in [6.45, 7) is 5.96. The number of ether oxygens (including phenoxy) is 1. The monoisotopic (exact) mass is 379 g/mol. The van der Waals surface area contributed by atoms with Crippen molar-refractivity contribution in [1.82, 2.24) is 15.0 Å². The molecule has 1 aliphatic rings. The Bertz CT molecular complexity index is 1020. The minimum absolute atomic E-state index is 0.0179. The van der Waals surface area contributed by atoms with E-state index in [2.05, 4.69) is 26.1 Å². The number of nitriles is 1. The first-order chi connectivity index (χ1) is 13.2. The van der Waals surface area contributed by atoms with E-state index in [1.54, 1.807) is 17.1 Å². The van der Waals surface area contributed by atoms with Gasteiger partial charge in [-0.05, 0) is 39.0 Å². The number of hydrazone groups is 1. The number of hydrogen-bond acceptors (Lipinski definition) is 9. The Labute approximate surface area is 162 Å². The Morgan fingerprint density at radius 1 is 1.36 bits per heavy atom. The number of phenols is 1. The molecule has 1 aromatic heterocycles. The summed E-state index contributed by atoms with van der Waals surface area (Å²) < 4.78 is 5.07. The quantitative estimate of drug-likeness (QED) is 0.774. The van der Waals surface area contributed by atoms with Crippen molar-refractivity contribution in [3.63, 3.8) is 0 Å². The summed E-state index contributed by atoms with van der Waals surface area (Å²) in [5.74, 6) is 0.829. The predicted octanol–water partition coefficient (Wildman–Crippen LogP) is 2.60. The number of aromatic hydroxyl groups is 1. The number of phenolic OH excluding ortho intramolecular Hbond substituents is 1. The Balaban J connectivity index is 2.05. The van der Waals surface area contributed by atoms with Crippen LogP contribution in [-0.2, 0) is 0 Å². The highest BCUT2D eigenvalue weighted by Gasteiger charge is 2.35. The maximum absolute atomic E-state index is 10.2. The van der Waals surface area contributed by atoms with Crippen LogP contribution in [0, 0.1) is 11.3 Å². The Kier molecular flexibility index (Phi) is 4.88. The van der Waals surface area contributed by atoms with E-state index >= 15 is 0 Å². The van der Waals surface area contributed by atoms with Gasteiger partial charge < -0.3 is 15.6 Å². The van der Waals surface area contributed by atoms with Crippen molar-refractivity contribution in [2.75, 3.05) is 17.9 Å². The average Bonchev–Trinajstić information content (AvgIpc) is 2.92. The van der Waals surface area contributed by atoms with Crippen LogP contribution in [0.2, 0.25) is 0 Å². The predicted molar refractivity (Wildman–Crippen MR) is 107 cm³/mol. The Morgan fingerprint density at radius 2 is 2.11 bits per heavy atom. The lowest BCUT2D eigenvalue weighted by Crippen LogP contribution is -2.37. The third-order valence-electron chi connectivity index (χ3n) is 4.26. The highest BCUT2D eigenvalue weighted by atomic mass is 16.5. The second-order valence-electron chi connectivity index (χ2n) is 7.05. The summed E-state index contributed by atoms with van der Waals surface area (Å²) in [6.07, 6.45) is 2.24. The van der Waals surface area contributed by atoms with E-state index in [9.17, 15) is 10.4 Å². The number of rotatable bonds is 4. The van der Waals surface area contributed by atoms with Gasteiger partial charge in [-0.3, -0.25) is 0 Å². The van der Waals surface area contributed by atoms with Gasteiger partial charge in [0.05, 0.1) is 18.2 Å². The first kappa shape index (κ1) is 19.1. The summed E-state index contributed by atoms with van der Waals surface area (Å²) in [5.41, 5.74) is 7.05. The molecule has 0 saturated carbocycles. The first-order valence-corrected chi connectivity index (χ1v) is 8.58. The lowest BCUT2D eigenvalue weighted by molar-refractivity contribution is 0.407. The van der Waals surface area contributed by atoms with Crippen LogP contribution in [0.4, 0.5) is 11.9 Å². The molecule has 2 heterocycles. The van der Waals surface area contributed by atoms with Gasteiger partial charge in [0.15, 0.2) is 5.82 Å². The van der Waals surface area contributed by atoms with Gasteiger partial charge in [-0.1, -0.05) is 0 Å². The third-order valence-corrected chi connectivity index (χ3v) is 4.26. The summed E-state index contributed by atoms with van der Waals surface area (Å²) in [5, 5.41) is 25.9. The minimum atomic E-state index is -0.320. The standard InChI is InChI=1S/C19H21N7O2/c1-11-9-19(2,3)26(25-11)18-23-16(22-17(21)24-18)13(10-20)7-12-5-6-14(28-4)8-15(12)27/h5-8,27H,9H2,1-4H3,(H2,21,22,23,24). The zero-order valence-electron chi connectivity index (χ0n) is 16.1. The number of hydrogen-bond donors (Lipinski definition) is 2. The molecule has 0 amide bonds. The number of allylic oxidation sites excluding steroid dienone is 1. The molecule has 0 bridgehead atoms. The van der Waals surface area contributed by atoms with Gasteiger partial charge in [0, 0.05) is 23.8 Å². The number of nitrogens with two attached hydrogens (primary N) is 1. The average molecular weight is 379 g/mol. The van der Waals surface area contributed by atoms with Crippen LogP contribution in [0.3, 0.4) is 0 Å². The summed E-state index contributed by atoms with van der Waals surface area (Å²) in [7, 11) is 1.50. The molecular weight excluding hydrogens is 358 g/mol. The number of nitrogen functional groups attached to an aromatic ring is 1. The maximum Gasteiger partial charge on any atom is 0.252 e. The molecule has 2 aromatic rings. The van der Waals surface area contributed by atoms with Crippen molar-refractivity contribution in [3.8, 4) is 17.6 Å². The summed E-state index contributed by atoms with van der Waals surface area (Å²) in [6, 6.07) is 6.82. The molecule has 9 heteroatoms. The Hall–Kier alpha value is -3.67. The Morgan fingerprint density at radius 3 is 2.68 bits per heavy atom. The number of methoxy groups -OCH3 is 1. The van der Waals surface area contributed by atoms with Gasteiger partial charge in [-0.25, -0.2) is 5.01 Å². The van der Waals surface area contributed by atoms with Crippen molar-refractivity contribution < 1.29 is 9.84 Å². The lowest BCUT2D eigenvalue weighted by atomic mass is 9.99. The molecule has 3 N–H and O–H groups in total. The van der Waals surface area contributed by atoms with E-state index in [4.69, 9.17) is 10.5 Å². The summed E-state index contributed by atoms with van der Waals surface area (Å²) in [4.78, 5) is 12.7. The fourth-order valence-corrected chi connectivity index (χ4v) is 3.03. The van der Waals surface area contributed by atoms with Crippen molar-refractivity contribution in [2.24, 2.45) is 5.10 Å². The van der Waals surface area contributed by atoms with E-state index in [-0.39, 0.29) is 34.6 Å². The molecule has 3 rings (SSSR count). The zero-order valence-corrected chi connectivity index (χ0v) is 16.1. The molecule has 0 radical (unpaired) electrons. The van der Waals surface area contributed by atoms with Crippen LogP contribution >= 0.6 is 0 Å². The molecule has 0 saturated heterocycles. The largest absolute Gasteiger partial charge is 0.507 e. The van der Waals surface area contributed by atoms with Gasteiger partial charge >= 0.3 is 0 Å². The van der Waals surface area contributed by atoms with Gasteiger partial charge in [-0.2, -0.15) is 25.3 Å². The molecule has 0 fully saturated rings. The molecule has 0 aliphatic carbocycles. The lowest BCUT2D eigenvalue weighted by Gasteiger charge is -2.28. The number of aromatic nitrogens is 3. The zero-order chi connectivity index (χ0) is 20.5. The number of nitrogens with zero attached hydrogens (tertiary/aromatic N) is 6. The molecule has 0 unspecified atom stereocenters. The minimum Gasteiger partial charge on any atom is -0.507 e. The van der Waals surface area contributed by atoms with E-state index in [1.165, 1.54) is 19.3 Å². The number of benzene rings is 1. The smallest absolute Gasteiger partial charge is 0.252 e. The van der Waals surface area contributed by atoms with Crippen LogP contribution in [0.25, 0.3) is 11.6 Å². The van der Waals surface area contributed by atoms with E-state index < -0.39 is 0 Å². The van der Waals surface area contributed by atoms with Gasteiger partial charge in [-0.15, -0.1) is 0 Å². The topological polar surface area (TPSA) is 134 Å².